The van der Waals surface area contributed by atoms with Gasteiger partial charge in [-0.05, 0) is 29.2 Å². The molecule has 0 bridgehead atoms. The van der Waals surface area contributed by atoms with E-state index in [4.69, 9.17) is 0 Å². The predicted octanol–water partition coefficient (Wildman–Crippen LogP) is 4.63. The summed E-state index contributed by atoms with van der Waals surface area (Å²) in [6, 6.07) is 14.7. The fraction of sp³-hybridized carbons (Fsp3) is 0.304. The zero-order valence-electron chi connectivity index (χ0n) is 16.8. The lowest BCUT2D eigenvalue weighted by molar-refractivity contribution is 0.0697. The maximum Gasteiger partial charge on any atom is 0.336 e. The average molecular weight is 391 g/mol. The molecule has 1 heterocycles. The van der Waals surface area contributed by atoms with Crippen LogP contribution in [0.2, 0.25) is 0 Å². The fourth-order valence-corrected chi connectivity index (χ4v) is 3.21. The molecule has 0 unspecified atom stereocenters. The Morgan fingerprint density at radius 2 is 1.76 bits per heavy atom. The van der Waals surface area contributed by atoms with Crippen LogP contribution in [-0.2, 0) is 13.0 Å². The van der Waals surface area contributed by atoms with Crippen molar-refractivity contribution in [1.82, 2.24) is 14.8 Å². The van der Waals surface area contributed by atoms with Crippen LogP contribution < -0.4 is 0 Å². The number of carboxylic acids is 1. The molecule has 0 atom stereocenters. The van der Waals surface area contributed by atoms with Crippen LogP contribution in [0.25, 0.3) is 11.1 Å². The largest absolute Gasteiger partial charge is 0.478 e. The van der Waals surface area contributed by atoms with Gasteiger partial charge < -0.3 is 5.11 Å². The molecule has 2 aromatic carbocycles. The Hall–Kier alpha value is -3.28. The summed E-state index contributed by atoms with van der Waals surface area (Å²) in [7, 11) is 0. The number of aryl methyl sites for hydroxylation is 1. The minimum Gasteiger partial charge on any atom is -0.478 e. The molecule has 0 aliphatic carbocycles. The van der Waals surface area contributed by atoms with Crippen LogP contribution in [-0.4, -0.2) is 31.6 Å². The maximum absolute atomic E-state index is 12.2. The van der Waals surface area contributed by atoms with Gasteiger partial charge in [-0.2, -0.15) is 0 Å². The van der Waals surface area contributed by atoms with Crippen molar-refractivity contribution in [2.75, 3.05) is 0 Å². The van der Waals surface area contributed by atoms with Gasteiger partial charge >= 0.3 is 5.97 Å². The Bertz CT molecular complexity index is 1010. The number of hydrogen-bond donors (Lipinski definition) is 1. The molecule has 3 rings (SSSR count). The summed E-state index contributed by atoms with van der Waals surface area (Å²) in [5.74, 6) is 0.119. The molecule has 6 heteroatoms. The number of benzene rings is 2. The number of rotatable bonds is 9. The van der Waals surface area contributed by atoms with Gasteiger partial charge in [0.25, 0.3) is 0 Å². The zero-order valence-corrected chi connectivity index (χ0v) is 16.8. The Morgan fingerprint density at radius 3 is 2.41 bits per heavy atom. The highest BCUT2D eigenvalue weighted by Gasteiger charge is 2.16. The SMILES string of the molecule is CCCCC(=O)c1nc(CC)n(Cc2ccc(-c3ccccc3C(=O)O)cc2)n1. The first kappa shape index (κ1) is 20.5. The van der Waals surface area contributed by atoms with Crippen LogP contribution in [0.3, 0.4) is 0 Å². The summed E-state index contributed by atoms with van der Waals surface area (Å²) < 4.78 is 1.78. The second kappa shape index (κ2) is 9.28. The number of hydrogen-bond acceptors (Lipinski definition) is 4. The molecule has 0 saturated carbocycles. The third-order valence-corrected chi connectivity index (χ3v) is 4.83. The van der Waals surface area contributed by atoms with Crippen LogP contribution in [0.4, 0.5) is 0 Å². The smallest absolute Gasteiger partial charge is 0.336 e. The van der Waals surface area contributed by atoms with Crippen molar-refractivity contribution in [3.63, 3.8) is 0 Å². The van der Waals surface area contributed by atoms with E-state index in [9.17, 15) is 14.7 Å². The summed E-state index contributed by atoms with van der Waals surface area (Å²) in [4.78, 5) is 28.1. The van der Waals surface area contributed by atoms with Gasteiger partial charge in [0.05, 0.1) is 12.1 Å². The van der Waals surface area contributed by atoms with Crippen molar-refractivity contribution < 1.29 is 14.7 Å². The van der Waals surface area contributed by atoms with Crippen molar-refractivity contribution in [2.24, 2.45) is 0 Å². The first-order valence-corrected chi connectivity index (χ1v) is 9.92. The molecule has 0 fully saturated rings. The predicted molar refractivity (Wildman–Crippen MR) is 111 cm³/mol. The van der Waals surface area contributed by atoms with Crippen LogP contribution >= 0.6 is 0 Å². The van der Waals surface area contributed by atoms with Crippen molar-refractivity contribution in [3.8, 4) is 11.1 Å². The highest BCUT2D eigenvalue weighted by molar-refractivity contribution is 5.96. The zero-order chi connectivity index (χ0) is 20.8. The maximum atomic E-state index is 12.2. The van der Waals surface area contributed by atoms with Gasteiger partial charge in [-0.1, -0.05) is 62.7 Å². The summed E-state index contributed by atoms with van der Waals surface area (Å²) in [5.41, 5.74) is 2.82. The van der Waals surface area contributed by atoms with Gasteiger partial charge in [0.15, 0.2) is 0 Å². The van der Waals surface area contributed by atoms with E-state index in [-0.39, 0.29) is 11.3 Å². The van der Waals surface area contributed by atoms with Gasteiger partial charge in [-0.3, -0.25) is 4.79 Å². The number of ketones is 1. The second-order valence-corrected chi connectivity index (χ2v) is 6.94. The van der Waals surface area contributed by atoms with Gasteiger partial charge in [0.2, 0.25) is 11.6 Å². The summed E-state index contributed by atoms with van der Waals surface area (Å²) in [6.07, 6.45) is 2.97. The molecule has 0 spiro atoms. The van der Waals surface area contributed by atoms with Crippen molar-refractivity contribution in [1.29, 1.82) is 0 Å². The van der Waals surface area contributed by atoms with Gasteiger partial charge in [0.1, 0.15) is 5.82 Å². The Balaban J connectivity index is 1.81. The van der Waals surface area contributed by atoms with Crippen LogP contribution in [0.15, 0.2) is 48.5 Å². The summed E-state index contributed by atoms with van der Waals surface area (Å²) in [6.45, 7) is 4.56. The first-order chi connectivity index (χ1) is 14.0. The van der Waals surface area contributed by atoms with E-state index in [0.29, 0.717) is 30.8 Å². The first-order valence-electron chi connectivity index (χ1n) is 9.92. The number of carbonyl (C=O) groups is 2. The number of carboxylic acid groups (broad SMARTS) is 1. The van der Waals surface area contributed by atoms with E-state index < -0.39 is 5.97 Å². The highest BCUT2D eigenvalue weighted by atomic mass is 16.4. The number of aromatic nitrogens is 3. The standard InChI is InChI=1S/C23H25N3O3/c1-3-5-10-20(27)22-24-21(4-2)26(25-22)15-16-11-13-17(14-12-16)18-8-6-7-9-19(18)23(28)29/h6-9,11-14H,3-5,10,15H2,1-2H3,(H,28,29). The Morgan fingerprint density at radius 1 is 1.03 bits per heavy atom. The Labute approximate surface area is 170 Å². The molecule has 0 amide bonds. The van der Waals surface area contributed by atoms with Gasteiger partial charge in [-0.25, -0.2) is 14.5 Å². The molecule has 6 nitrogen and oxygen atoms in total. The lowest BCUT2D eigenvalue weighted by atomic mass is 9.99. The summed E-state index contributed by atoms with van der Waals surface area (Å²) >= 11 is 0. The molecule has 0 aliphatic rings. The normalized spacial score (nSPS) is 10.8. The molecule has 3 aromatic rings. The Kier molecular flexibility index (Phi) is 6.54. The number of carbonyl (C=O) groups excluding carboxylic acids is 1. The summed E-state index contributed by atoms with van der Waals surface area (Å²) in [5, 5.41) is 13.8. The molecular weight excluding hydrogens is 366 g/mol. The van der Waals surface area contributed by atoms with E-state index in [0.717, 1.165) is 29.8 Å². The molecule has 0 aliphatic heterocycles. The lowest BCUT2D eigenvalue weighted by Gasteiger charge is -2.08. The third-order valence-electron chi connectivity index (χ3n) is 4.83. The van der Waals surface area contributed by atoms with Gasteiger partial charge in [-0.15, -0.1) is 5.10 Å². The topological polar surface area (TPSA) is 85.1 Å². The number of nitrogens with zero attached hydrogens (tertiary/aromatic N) is 3. The lowest BCUT2D eigenvalue weighted by Crippen LogP contribution is -2.07. The average Bonchev–Trinajstić information content (AvgIpc) is 3.15. The van der Waals surface area contributed by atoms with Gasteiger partial charge in [0, 0.05) is 12.8 Å². The molecule has 150 valence electrons. The van der Waals surface area contributed by atoms with Crippen LogP contribution in [0, 0.1) is 0 Å². The minimum atomic E-state index is -0.944. The van der Waals surface area contributed by atoms with E-state index in [2.05, 4.69) is 17.0 Å². The van der Waals surface area contributed by atoms with E-state index in [1.54, 1.807) is 22.9 Å². The van der Waals surface area contributed by atoms with Crippen molar-refractivity contribution in [3.05, 3.63) is 71.3 Å². The van der Waals surface area contributed by atoms with E-state index in [1.807, 2.05) is 37.3 Å². The van der Waals surface area contributed by atoms with Crippen molar-refractivity contribution >= 4 is 11.8 Å². The van der Waals surface area contributed by atoms with E-state index >= 15 is 0 Å². The molecule has 1 N–H and O–H groups in total. The minimum absolute atomic E-state index is 0.0130. The monoisotopic (exact) mass is 391 g/mol. The quantitative estimate of drug-likeness (QED) is 0.538. The van der Waals surface area contributed by atoms with Crippen LogP contribution in [0.5, 0.6) is 0 Å². The molecule has 0 saturated heterocycles. The number of Topliss-reactive ketones (excluding diaryl/α,β-unsaturated/α-hetero) is 1. The molecule has 29 heavy (non-hydrogen) atoms. The third kappa shape index (κ3) is 4.77. The molecule has 1 aromatic heterocycles. The molecular formula is C23H25N3O3. The molecule has 0 radical (unpaired) electrons. The second-order valence-electron chi connectivity index (χ2n) is 6.94. The van der Waals surface area contributed by atoms with E-state index in [1.165, 1.54) is 0 Å². The van der Waals surface area contributed by atoms with Crippen molar-refractivity contribution in [2.45, 2.75) is 46.1 Å². The number of unbranched alkanes of at least 4 members (excludes halogenated alkanes) is 1. The highest BCUT2D eigenvalue weighted by Crippen LogP contribution is 2.24. The fourth-order valence-electron chi connectivity index (χ4n) is 3.21. The number of aromatic carboxylic acids is 1. The van der Waals surface area contributed by atoms with Crippen LogP contribution in [0.1, 0.15) is 65.5 Å².